The van der Waals surface area contributed by atoms with Crippen LogP contribution in [0.2, 0.25) is 5.15 Å². The number of hydrogen-bond donors (Lipinski definition) is 1. The highest BCUT2D eigenvalue weighted by molar-refractivity contribution is 6.29. The van der Waals surface area contributed by atoms with E-state index in [0.29, 0.717) is 5.15 Å². The van der Waals surface area contributed by atoms with Crippen molar-refractivity contribution in [3.63, 3.8) is 0 Å². The van der Waals surface area contributed by atoms with Crippen molar-refractivity contribution in [1.29, 1.82) is 0 Å². The van der Waals surface area contributed by atoms with E-state index in [0.717, 1.165) is 22.5 Å². The second kappa shape index (κ2) is 4.33. The summed E-state index contributed by atoms with van der Waals surface area (Å²) >= 11 is 5.76. The maximum absolute atomic E-state index is 10.4. The lowest BCUT2D eigenvalue weighted by Gasteiger charge is -1.99. The van der Waals surface area contributed by atoms with Crippen LogP contribution in [-0.4, -0.2) is 16.1 Å². The third-order valence-electron chi connectivity index (χ3n) is 2.10. The van der Waals surface area contributed by atoms with Gasteiger partial charge >= 0.3 is 5.97 Å². The minimum atomic E-state index is -0.964. The van der Waals surface area contributed by atoms with Gasteiger partial charge < -0.3 is 5.11 Å². The van der Waals surface area contributed by atoms with E-state index in [1.807, 2.05) is 18.2 Å². The highest BCUT2D eigenvalue weighted by atomic mass is 35.5. The van der Waals surface area contributed by atoms with E-state index in [9.17, 15) is 4.79 Å². The SMILES string of the molecule is O=C(O)C=Cc1ccc2nc(Cl)ccc2c1. The molecule has 0 aliphatic heterocycles. The summed E-state index contributed by atoms with van der Waals surface area (Å²) in [4.78, 5) is 14.5. The molecule has 2 rings (SSSR count). The number of benzene rings is 1. The summed E-state index contributed by atoms with van der Waals surface area (Å²) in [6.07, 6.45) is 2.64. The minimum Gasteiger partial charge on any atom is -0.478 e. The van der Waals surface area contributed by atoms with E-state index >= 15 is 0 Å². The molecule has 0 spiro atoms. The second-order valence-corrected chi connectivity index (χ2v) is 3.64. The van der Waals surface area contributed by atoms with Crippen LogP contribution in [0.4, 0.5) is 0 Å². The first kappa shape index (κ1) is 10.6. The smallest absolute Gasteiger partial charge is 0.328 e. The molecule has 16 heavy (non-hydrogen) atoms. The molecule has 0 saturated carbocycles. The van der Waals surface area contributed by atoms with Crippen molar-refractivity contribution < 1.29 is 9.90 Å². The van der Waals surface area contributed by atoms with Crippen LogP contribution < -0.4 is 0 Å². The van der Waals surface area contributed by atoms with E-state index in [1.54, 1.807) is 12.1 Å². The summed E-state index contributed by atoms with van der Waals surface area (Å²) in [6, 6.07) is 9.02. The molecule has 4 heteroatoms. The van der Waals surface area contributed by atoms with Gasteiger partial charge in [-0.1, -0.05) is 17.7 Å². The molecule has 1 heterocycles. The molecule has 0 fully saturated rings. The lowest BCUT2D eigenvalue weighted by molar-refractivity contribution is -0.131. The van der Waals surface area contributed by atoms with Crippen LogP contribution in [0, 0.1) is 0 Å². The van der Waals surface area contributed by atoms with Gasteiger partial charge in [0.1, 0.15) is 5.15 Å². The summed E-state index contributed by atoms with van der Waals surface area (Å²) in [6.45, 7) is 0. The fraction of sp³-hybridized carbons (Fsp3) is 0. The molecule has 0 radical (unpaired) electrons. The number of carbonyl (C=O) groups is 1. The monoisotopic (exact) mass is 233 g/mol. The molecule has 80 valence electrons. The van der Waals surface area contributed by atoms with E-state index in [4.69, 9.17) is 16.7 Å². The average molecular weight is 234 g/mol. The number of pyridine rings is 1. The van der Waals surface area contributed by atoms with Gasteiger partial charge in [0.25, 0.3) is 0 Å². The summed E-state index contributed by atoms with van der Waals surface area (Å²) in [5.74, 6) is -0.964. The van der Waals surface area contributed by atoms with Crippen LogP contribution in [-0.2, 0) is 4.79 Å². The largest absolute Gasteiger partial charge is 0.478 e. The summed E-state index contributed by atoms with van der Waals surface area (Å²) in [5, 5.41) is 9.88. The second-order valence-electron chi connectivity index (χ2n) is 3.26. The number of carboxylic acids is 1. The number of halogens is 1. The predicted octanol–water partition coefficient (Wildman–Crippen LogP) is 2.99. The Bertz CT molecular complexity index is 578. The van der Waals surface area contributed by atoms with Crippen molar-refractivity contribution in [2.75, 3.05) is 0 Å². The molecular weight excluding hydrogens is 226 g/mol. The highest BCUT2D eigenvalue weighted by Crippen LogP contribution is 2.17. The quantitative estimate of drug-likeness (QED) is 0.641. The molecule has 0 saturated heterocycles. The average Bonchev–Trinajstić information content (AvgIpc) is 2.26. The lowest BCUT2D eigenvalue weighted by atomic mass is 10.1. The summed E-state index contributed by atoms with van der Waals surface area (Å²) in [7, 11) is 0. The zero-order chi connectivity index (χ0) is 11.5. The molecule has 0 aliphatic rings. The van der Waals surface area contributed by atoms with Gasteiger partial charge in [-0.15, -0.1) is 0 Å². The van der Waals surface area contributed by atoms with Gasteiger partial charge in [0.05, 0.1) is 5.52 Å². The maximum Gasteiger partial charge on any atom is 0.328 e. The zero-order valence-corrected chi connectivity index (χ0v) is 8.98. The van der Waals surface area contributed by atoms with Gasteiger partial charge in [0.2, 0.25) is 0 Å². The molecule has 0 unspecified atom stereocenters. The summed E-state index contributed by atoms with van der Waals surface area (Å²) < 4.78 is 0. The Morgan fingerprint density at radius 3 is 2.88 bits per heavy atom. The van der Waals surface area contributed by atoms with E-state index < -0.39 is 5.97 Å². The van der Waals surface area contributed by atoms with E-state index in [2.05, 4.69) is 4.98 Å². The van der Waals surface area contributed by atoms with E-state index in [1.165, 1.54) is 6.08 Å². The van der Waals surface area contributed by atoms with Crippen molar-refractivity contribution in [2.24, 2.45) is 0 Å². The van der Waals surface area contributed by atoms with Gasteiger partial charge in [-0.3, -0.25) is 0 Å². The topological polar surface area (TPSA) is 50.2 Å². The standard InChI is InChI=1S/C12H8ClNO2/c13-11-5-3-9-7-8(2-6-12(15)16)1-4-10(9)14-11/h1-7H,(H,15,16). The fourth-order valence-electron chi connectivity index (χ4n) is 1.39. The first-order valence-corrected chi connectivity index (χ1v) is 5.00. The van der Waals surface area contributed by atoms with Crippen LogP contribution in [0.25, 0.3) is 17.0 Å². The molecule has 1 N–H and O–H groups in total. The first-order valence-electron chi connectivity index (χ1n) is 4.62. The van der Waals surface area contributed by atoms with Crippen molar-refractivity contribution in [3.8, 4) is 0 Å². The Balaban J connectivity index is 2.44. The van der Waals surface area contributed by atoms with Crippen molar-refractivity contribution in [3.05, 3.63) is 47.1 Å². The number of nitrogens with zero attached hydrogens (tertiary/aromatic N) is 1. The Labute approximate surface area is 97.0 Å². The Morgan fingerprint density at radius 2 is 2.12 bits per heavy atom. The Morgan fingerprint density at radius 1 is 1.31 bits per heavy atom. The predicted molar refractivity (Wildman–Crippen MR) is 63.4 cm³/mol. The summed E-state index contributed by atoms with van der Waals surface area (Å²) in [5.41, 5.74) is 1.61. The Kier molecular flexibility index (Phi) is 2.88. The molecule has 0 aliphatic carbocycles. The number of fused-ring (bicyclic) bond motifs is 1. The maximum atomic E-state index is 10.4. The molecule has 0 atom stereocenters. The minimum absolute atomic E-state index is 0.446. The molecule has 2 aromatic rings. The number of carboxylic acid groups (broad SMARTS) is 1. The molecular formula is C12H8ClNO2. The number of rotatable bonds is 2. The molecule has 0 bridgehead atoms. The fourth-order valence-corrected chi connectivity index (χ4v) is 1.54. The first-order chi connectivity index (χ1) is 7.65. The van der Waals surface area contributed by atoms with Gasteiger partial charge in [0, 0.05) is 11.5 Å². The van der Waals surface area contributed by atoms with Crippen molar-refractivity contribution in [2.45, 2.75) is 0 Å². The van der Waals surface area contributed by atoms with Crippen LogP contribution in [0.1, 0.15) is 5.56 Å². The third-order valence-corrected chi connectivity index (χ3v) is 2.31. The van der Waals surface area contributed by atoms with Crippen molar-refractivity contribution >= 4 is 34.5 Å². The molecule has 1 aromatic carbocycles. The number of hydrogen-bond acceptors (Lipinski definition) is 2. The van der Waals surface area contributed by atoms with Gasteiger partial charge in [-0.25, -0.2) is 9.78 Å². The van der Waals surface area contributed by atoms with Crippen LogP contribution in [0.5, 0.6) is 0 Å². The Hall–Kier alpha value is -1.87. The number of aliphatic carboxylic acids is 1. The van der Waals surface area contributed by atoms with Crippen molar-refractivity contribution in [1.82, 2.24) is 4.98 Å². The number of aromatic nitrogens is 1. The molecule has 0 amide bonds. The lowest BCUT2D eigenvalue weighted by Crippen LogP contribution is -1.86. The molecule has 3 nitrogen and oxygen atoms in total. The zero-order valence-electron chi connectivity index (χ0n) is 8.22. The van der Waals surface area contributed by atoms with Crippen LogP contribution in [0.3, 0.4) is 0 Å². The van der Waals surface area contributed by atoms with Crippen LogP contribution >= 0.6 is 11.6 Å². The van der Waals surface area contributed by atoms with Gasteiger partial charge in [-0.05, 0) is 35.9 Å². The third kappa shape index (κ3) is 2.38. The molecule has 1 aromatic heterocycles. The van der Waals surface area contributed by atoms with Gasteiger partial charge in [-0.2, -0.15) is 0 Å². The van der Waals surface area contributed by atoms with Gasteiger partial charge in [0.15, 0.2) is 0 Å². The normalized spacial score (nSPS) is 11.1. The van der Waals surface area contributed by atoms with E-state index in [-0.39, 0.29) is 0 Å². The van der Waals surface area contributed by atoms with Crippen LogP contribution in [0.15, 0.2) is 36.4 Å². The highest BCUT2D eigenvalue weighted by Gasteiger charge is 1.97.